The molecule has 0 unspecified atom stereocenters. The molecule has 8 heteroatoms. The van der Waals surface area contributed by atoms with E-state index in [2.05, 4.69) is 10.8 Å². The largest absolute Gasteiger partial charge is 0.493 e. The van der Waals surface area contributed by atoms with Gasteiger partial charge in [0.25, 0.3) is 5.69 Å². The van der Waals surface area contributed by atoms with Gasteiger partial charge in [-0.3, -0.25) is 10.1 Å². The Hall–Kier alpha value is -4.33. The van der Waals surface area contributed by atoms with Gasteiger partial charge in [-0.05, 0) is 35.4 Å². The van der Waals surface area contributed by atoms with E-state index in [1.165, 1.54) is 6.07 Å². The summed E-state index contributed by atoms with van der Waals surface area (Å²) in [5.74, 6) is 2.65. The number of fused-ring (bicyclic) bond motifs is 4. The molecule has 0 atom stereocenters. The highest BCUT2D eigenvalue weighted by Crippen LogP contribution is 2.43. The number of methoxy groups -OCH3 is 4. The van der Waals surface area contributed by atoms with Gasteiger partial charge >= 0.3 is 0 Å². The first-order valence-corrected chi connectivity index (χ1v) is 11.6. The lowest BCUT2D eigenvalue weighted by Crippen LogP contribution is -2.41. The Morgan fingerprint density at radius 2 is 1.64 bits per heavy atom. The molecule has 0 bridgehead atoms. The molecule has 4 aromatic rings. The van der Waals surface area contributed by atoms with E-state index in [1.54, 1.807) is 40.6 Å². The lowest BCUT2D eigenvalue weighted by molar-refractivity contribution is -0.686. The third-order valence-corrected chi connectivity index (χ3v) is 6.76. The van der Waals surface area contributed by atoms with Crippen molar-refractivity contribution in [3.8, 4) is 34.3 Å². The molecule has 0 saturated carbocycles. The van der Waals surface area contributed by atoms with Crippen molar-refractivity contribution in [3.63, 3.8) is 0 Å². The quantitative estimate of drug-likeness (QED) is 0.210. The van der Waals surface area contributed by atoms with Gasteiger partial charge in [0.15, 0.2) is 35.7 Å². The van der Waals surface area contributed by atoms with Gasteiger partial charge in [-0.2, -0.15) is 4.57 Å². The Morgan fingerprint density at radius 1 is 0.889 bits per heavy atom. The van der Waals surface area contributed by atoms with Crippen molar-refractivity contribution < 1.29 is 28.4 Å². The number of non-ortho nitro benzene ring substituents is 1. The summed E-state index contributed by atoms with van der Waals surface area (Å²) in [7, 11) is 6.52. The number of rotatable bonds is 7. The Labute approximate surface area is 208 Å². The van der Waals surface area contributed by atoms with Crippen LogP contribution < -0.4 is 23.5 Å². The van der Waals surface area contributed by atoms with Crippen LogP contribution in [-0.4, -0.2) is 33.4 Å². The molecule has 0 spiro atoms. The summed E-state index contributed by atoms with van der Waals surface area (Å²) in [6.07, 6.45) is 3.42. The maximum absolute atomic E-state index is 11.4. The van der Waals surface area contributed by atoms with Gasteiger partial charge in [0.2, 0.25) is 5.69 Å². The fourth-order valence-corrected chi connectivity index (χ4v) is 5.11. The standard InChI is InChI=1S/C28H27N2O6/c1-33-24-9-8-20-22(13-17-6-5-7-19(12-17)30(31)32)27-21-15-26(35-3)25(34-2)14-18(21)10-11-29(27)16-23(20)28(24)36-4/h5-9,12,14-16H,10-11,13H2,1-4H3/q+1. The number of aryl methyl sites for hydroxylation is 2. The normalized spacial score (nSPS) is 12.0. The number of pyridine rings is 1. The second-order valence-corrected chi connectivity index (χ2v) is 8.63. The fraction of sp³-hybridized carbons (Fsp3) is 0.250. The lowest BCUT2D eigenvalue weighted by Gasteiger charge is -2.22. The number of nitro benzene ring substituents is 1. The third kappa shape index (κ3) is 3.84. The van der Waals surface area contributed by atoms with Crippen molar-refractivity contribution in [2.45, 2.75) is 19.4 Å². The Kier molecular flexibility index (Phi) is 6.10. The van der Waals surface area contributed by atoms with E-state index < -0.39 is 0 Å². The second-order valence-electron chi connectivity index (χ2n) is 8.63. The topological polar surface area (TPSA) is 83.9 Å². The average molecular weight is 488 g/mol. The van der Waals surface area contributed by atoms with Gasteiger partial charge in [-0.15, -0.1) is 0 Å². The molecule has 0 N–H and O–H groups in total. The highest BCUT2D eigenvalue weighted by atomic mass is 16.6. The minimum atomic E-state index is -0.364. The van der Waals surface area contributed by atoms with Gasteiger partial charge in [-0.25, -0.2) is 0 Å². The molecular weight excluding hydrogens is 460 g/mol. The summed E-state index contributed by atoms with van der Waals surface area (Å²) in [5.41, 5.74) is 5.22. The van der Waals surface area contributed by atoms with E-state index in [1.807, 2.05) is 30.3 Å². The predicted octanol–water partition coefficient (Wildman–Crippen LogP) is 4.88. The lowest BCUT2D eigenvalue weighted by atomic mass is 9.88. The van der Waals surface area contributed by atoms with E-state index in [4.69, 9.17) is 18.9 Å². The zero-order valence-corrected chi connectivity index (χ0v) is 20.7. The van der Waals surface area contributed by atoms with Gasteiger partial charge < -0.3 is 18.9 Å². The van der Waals surface area contributed by atoms with Crippen molar-refractivity contribution in [1.82, 2.24) is 0 Å². The molecular formula is C28H27N2O6+. The number of aromatic nitrogens is 1. The maximum atomic E-state index is 11.4. The molecule has 5 rings (SSSR count). The van der Waals surface area contributed by atoms with Crippen LogP contribution in [0.2, 0.25) is 0 Å². The molecule has 0 aliphatic carbocycles. The molecule has 0 saturated heterocycles. The number of hydrogen-bond donors (Lipinski definition) is 0. The average Bonchev–Trinajstić information content (AvgIpc) is 2.91. The zero-order chi connectivity index (χ0) is 25.4. The minimum Gasteiger partial charge on any atom is -0.493 e. The Morgan fingerprint density at radius 3 is 2.33 bits per heavy atom. The summed E-state index contributed by atoms with van der Waals surface area (Å²) in [6, 6.07) is 14.8. The van der Waals surface area contributed by atoms with Crippen LogP contribution in [0.4, 0.5) is 5.69 Å². The van der Waals surface area contributed by atoms with Crippen molar-refractivity contribution >= 4 is 16.5 Å². The van der Waals surface area contributed by atoms with Gasteiger partial charge in [0.1, 0.15) is 0 Å². The molecule has 0 fully saturated rings. The molecule has 36 heavy (non-hydrogen) atoms. The van der Waals surface area contributed by atoms with E-state index in [-0.39, 0.29) is 10.6 Å². The summed E-state index contributed by atoms with van der Waals surface area (Å²) >= 11 is 0. The van der Waals surface area contributed by atoms with Crippen molar-refractivity contribution in [3.05, 3.63) is 81.5 Å². The van der Waals surface area contributed by atoms with Crippen LogP contribution in [0.3, 0.4) is 0 Å². The monoisotopic (exact) mass is 487 g/mol. The minimum absolute atomic E-state index is 0.0697. The van der Waals surface area contributed by atoms with Crippen LogP contribution in [0.1, 0.15) is 16.7 Å². The van der Waals surface area contributed by atoms with Gasteiger partial charge in [0, 0.05) is 35.9 Å². The van der Waals surface area contributed by atoms with Crippen LogP contribution in [-0.2, 0) is 19.4 Å². The van der Waals surface area contributed by atoms with Gasteiger partial charge in [-0.1, -0.05) is 12.1 Å². The molecule has 0 radical (unpaired) electrons. The number of hydrogen-bond acceptors (Lipinski definition) is 6. The fourth-order valence-electron chi connectivity index (χ4n) is 5.11. The first-order chi connectivity index (χ1) is 17.5. The summed E-state index contributed by atoms with van der Waals surface area (Å²) in [4.78, 5) is 11.1. The highest BCUT2D eigenvalue weighted by Gasteiger charge is 2.31. The van der Waals surface area contributed by atoms with Crippen LogP contribution in [0, 0.1) is 10.1 Å². The SMILES string of the molecule is COc1cc2c(cc1OC)-c1c(Cc3cccc([N+](=O)[O-])c3)c3ccc(OC)c(OC)c3c[n+]1CC2. The smallest absolute Gasteiger partial charge is 0.269 e. The molecule has 1 aromatic heterocycles. The number of ether oxygens (including phenoxy) is 4. The number of nitro groups is 1. The molecule has 2 heterocycles. The zero-order valence-electron chi connectivity index (χ0n) is 20.7. The Bertz CT molecular complexity index is 1500. The van der Waals surface area contributed by atoms with E-state index in [0.29, 0.717) is 29.4 Å². The third-order valence-electron chi connectivity index (χ3n) is 6.76. The molecule has 1 aliphatic rings. The summed E-state index contributed by atoms with van der Waals surface area (Å²) in [5, 5.41) is 13.4. The van der Waals surface area contributed by atoms with Gasteiger partial charge in [0.05, 0.1) is 44.3 Å². The highest BCUT2D eigenvalue weighted by molar-refractivity contribution is 5.95. The number of nitrogens with zero attached hydrogens (tertiary/aromatic N) is 2. The molecule has 3 aromatic carbocycles. The first-order valence-electron chi connectivity index (χ1n) is 11.6. The predicted molar refractivity (Wildman–Crippen MR) is 135 cm³/mol. The second kappa shape index (κ2) is 9.37. The van der Waals surface area contributed by atoms with Crippen LogP contribution >= 0.6 is 0 Å². The summed E-state index contributed by atoms with van der Waals surface area (Å²) < 4.78 is 24.7. The molecule has 184 valence electrons. The van der Waals surface area contributed by atoms with Crippen molar-refractivity contribution in [1.29, 1.82) is 0 Å². The maximum Gasteiger partial charge on any atom is 0.269 e. The van der Waals surface area contributed by atoms with E-state index in [0.717, 1.165) is 51.7 Å². The number of benzene rings is 3. The molecule has 8 nitrogen and oxygen atoms in total. The van der Waals surface area contributed by atoms with Crippen LogP contribution in [0.25, 0.3) is 22.0 Å². The van der Waals surface area contributed by atoms with Crippen molar-refractivity contribution in [2.75, 3.05) is 28.4 Å². The van der Waals surface area contributed by atoms with Crippen LogP contribution in [0.5, 0.6) is 23.0 Å². The van der Waals surface area contributed by atoms with E-state index in [9.17, 15) is 10.1 Å². The molecule has 1 aliphatic heterocycles. The summed E-state index contributed by atoms with van der Waals surface area (Å²) in [6.45, 7) is 0.760. The van der Waals surface area contributed by atoms with Crippen LogP contribution in [0.15, 0.2) is 54.7 Å². The van der Waals surface area contributed by atoms with E-state index >= 15 is 0 Å². The van der Waals surface area contributed by atoms with Crippen molar-refractivity contribution in [2.24, 2.45) is 0 Å². The Balaban J connectivity index is 1.82. The molecule has 0 amide bonds. The first kappa shape index (κ1) is 23.4.